The molecule has 86 valence electrons. The molecular weight excluding hydrogens is 230 g/mol. The Kier molecular flexibility index (Phi) is 4.01. The van der Waals surface area contributed by atoms with Crippen molar-refractivity contribution in [2.45, 2.75) is 11.9 Å². The van der Waals surface area contributed by atoms with E-state index in [1.807, 2.05) is 6.07 Å². The Bertz CT molecular complexity index is 421. The maximum Gasteiger partial charge on any atom is 0.157 e. The van der Waals surface area contributed by atoms with Gasteiger partial charge in [-0.05, 0) is 42.3 Å². The van der Waals surface area contributed by atoms with Crippen molar-refractivity contribution in [3.63, 3.8) is 0 Å². The van der Waals surface area contributed by atoms with Crippen LogP contribution in [0.1, 0.15) is 12.5 Å². The fourth-order valence-corrected chi connectivity index (χ4v) is 1.05. The third-order valence-corrected chi connectivity index (χ3v) is 2.69. The molecule has 2 unspecified atom stereocenters. The van der Waals surface area contributed by atoms with Crippen molar-refractivity contribution in [1.82, 2.24) is 0 Å². The fraction of sp³-hybridized carbons (Fsp3) is 0.300. The van der Waals surface area contributed by atoms with Crippen LogP contribution < -0.4 is 4.74 Å². The topological polar surface area (TPSA) is 93.4 Å². The molecule has 0 heterocycles. The molecule has 5 nitrogen and oxygen atoms in total. The zero-order chi connectivity index (χ0) is 12.2. The first kappa shape index (κ1) is 12.6. The SMILES string of the molecule is CC(O)(COc1ccc(C#N)cc1)S(=O)[O-]. The van der Waals surface area contributed by atoms with Crippen LogP contribution in [0.2, 0.25) is 0 Å². The molecule has 0 aliphatic heterocycles. The second-order valence-corrected chi connectivity index (χ2v) is 4.68. The first-order valence-corrected chi connectivity index (χ1v) is 5.48. The third kappa shape index (κ3) is 3.31. The molecule has 0 bridgehead atoms. The summed E-state index contributed by atoms with van der Waals surface area (Å²) in [6.07, 6.45) is 0. The maximum absolute atomic E-state index is 10.6. The van der Waals surface area contributed by atoms with Gasteiger partial charge < -0.3 is 14.4 Å². The van der Waals surface area contributed by atoms with Crippen LogP contribution in [-0.4, -0.2) is 25.4 Å². The lowest BCUT2D eigenvalue weighted by Crippen LogP contribution is -2.36. The standard InChI is InChI=1S/C10H11NO4S/c1-10(12,16(13)14)7-15-9-4-2-8(6-11)3-5-9/h2-5,12H,7H2,1H3,(H,13,14)/p-1. The van der Waals surface area contributed by atoms with Crippen molar-refractivity contribution in [2.24, 2.45) is 0 Å². The van der Waals surface area contributed by atoms with Gasteiger partial charge in [0.05, 0.1) is 11.6 Å². The van der Waals surface area contributed by atoms with Crippen LogP contribution in [-0.2, 0) is 11.1 Å². The van der Waals surface area contributed by atoms with E-state index in [9.17, 15) is 13.9 Å². The molecule has 2 atom stereocenters. The molecule has 0 saturated carbocycles. The quantitative estimate of drug-likeness (QED) is 0.774. The van der Waals surface area contributed by atoms with Crippen LogP contribution in [0.3, 0.4) is 0 Å². The number of hydrogen-bond donors (Lipinski definition) is 1. The molecule has 0 saturated heterocycles. The normalized spacial score (nSPS) is 15.9. The average Bonchev–Trinajstić information content (AvgIpc) is 2.27. The smallest absolute Gasteiger partial charge is 0.157 e. The van der Waals surface area contributed by atoms with Crippen LogP contribution in [0.5, 0.6) is 5.75 Å². The molecule has 0 aliphatic rings. The monoisotopic (exact) mass is 240 g/mol. The molecule has 0 fully saturated rings. The van der Waals surface area contributed by atoms with Gasteiger partial charge in [-0.15, -0.1) is 0 Å². The lowest BCUT2D eigenvalue weighted by atomic mass is 10.2. The van der Waals surface area contributed by atoms with Crippen molar-refractivity contribution in [3.8, 4) is 11.8 Å². The van der Waals surface area contributed by atoms with E-state index in [1.54, 1.807) is 0 Å². The molecule has 0 aromatic heterocycles. The summed E-state index contributed by atoms with van der Waals surface area (Å²) in [6.45, 7) is 0.773. The summed E-state index contributed by atoms with van der Waals surface area (Å²) in [5.41, 5.74) is 0.478. The van der Waals surface area contributed by atoms with E-state index in [0.717, 1.165) is 6.92 Å². The van der Waals surface area contributed by atoms with Gasteiger partial charge in [0.1, 0.15) is 12.4 Å². The van der Waals surface area contributed by atoms with E-state index in [-0.39, 0.29) is 6.61 Å². The number of nitrogens with zero attached hydrogens (tertiary/aromatic N) is 1. The minimum atomic E-state index is -2.63. The van der Waals surface area contributed by atoms with Crippen LogP contribution in [0.4, 0.5) is 0 Å². The Balaban J connectivity index is 2.62. The largest absolute Gasteiger partial charge is 0.770 e. The number of benzene rings is 1. The molecule has 0 radical (unpaired) electrons. The van der Waals surface area contributed by atoms with Gasteiger partial charge in [0, 0.05) is 0 Å². The number of aliphatic hydroxyl groups is 1. The highest BCUT2D eigenvalue weighted by molar-refractivity contribution is 7.80. The Morgan fingerprint density at radius 3 is 2.56 bits per heavy atom. The van der Waals surface area contributed by atoms with Crippen molar-refractivity contribution >= 4 is 11.1 Å². The van der Waals surface area contributed by atoms with Gasteiger partial charge in [-0.2, -0.15) is 5.26 Å². The zero-order valence-corrected chi connectivity index (χ0v) is 9.36. The highest BCUT2D eigenvalue weighted by atomic mass is 32.2. The van der Waals surface area contributed by atoms with Gasteiger partial charge >= 0.3 is 0 Å². The number of nitriles is 1. The molecule has 0 amide bonds. The van der Waals surface area contributed by atoms with Gasteiger partial charge in [0.25, 0.3) is 0 Å². The second kappa shape index (κ2) is 5.07. The summed E-state index contributed by atoms with van der Waals surface area (Å²) in [5.74, 6) is 0.393. The first-order chi connectivity index (χ1) is 7.45. The Labute approximate surface area is 95.6 Å². The first-order valence-electron chi connectivity index (χ1n) is 4.40. The van der Waals surface area contributed by atoms with Crippen LogP contribution in [0.15, 0.2) is 24.3 Å². The van der Waals surface area contributed by atoms with E-state index < -0.39 is 16.0 Å². The summed E-state index contributed by atoms with van der Waals surface area (Å²) in [4.78, 5) is -1.92. The van der Waals surface area contributed by atoms with Gasteiger partial charge in [0.15, 0.2) is 4.93 Å². The Morgan fingerprint density at radius 2 is 2.12 bits per heavy atom. The van der Waals surface area contributed by atoms with Crippen LogP contribution in [0, 0.1) is 11.3 Å². The van der Waals surface area contributed by atoms with E-state index in [2.05, 4.69) is 0 Å². The van der Waals surface area contributed by atoms with Gasteiger partial charge in [-0.3, -0.25) is 4.21 Å². The van der Waals surface area contributed by atoms with Gasteiger partial charge in [0.2, 0.25) is 0 Å². The summed E-state index contributed by atoms with van der Waals surface area (Å²) in [5, 5.41) is 17.9. The zero-order valence-electron chi connectivity index (χ0n) is 8.54. The highest BCUT2D eigenvalue weighted by Crippen LogP contribution is 2.15. The molecule has 0 spiro atoms. The predicted octanol–water partition coefficient (Wildman–Crippen LogP) is 0.525. The molecular formula is C10H10NO4S-. The Morgan fingerprint density at radius 1 is 1.56 bits per heavy atom. The lowest BCUT2D eigenvalue weighted by molar-refractivity contribution is 0.0802. The Hall–Kier alpha value is -1.42. The van der Waals surface area contributed by atoms with Crippen molar-refractivity contribution in [3.05, 3.63) is 29.8 Å². The number of rotatable bonds is 4. The molecule has 1 rings (SSSR count). The summed E-state index contributed by atoms with van der Waals surface area (Å²) < 4.78 is 26.2. The summed E-state index contributed by atoms with van der Waals surface area (Å²) in [7, 11) is 0. The highest BCUT2D eigenvalue weighted by Gasteiger charge is 2.22. The van der Waals surface area contributed by atoms with Crippen molar-refractivity contribution in [1.29, 1.82) is 5.26 Å². The molecule has 0 aliphatic carbocycles. The van der Waals surface area contributed by atoms with E-state index in [4.69, 9.17) is 10.00 Å². The van der Waals surface area contributed by atoms with Gasteiger partial charge in [-0.25, -0.2) is 0 Å². The van der Waals surface area contributed by atoms with Crippen molar-refractivity contribution in [2.75, 3.05) is 6.61 Å². The van der Waals surface area contributed by atoms with E-state index in [1.165, 1.54) is 24.3 Å². The summed E-state index contributed by atoms with van der Waals surface area (Å²) in [6, 6.07) is 8.08. The molecule has 6 heteroatoms. The van der Waals surface area contributed by atoms with Crippen molar-refractivity contribution < 1.29 is 18.6 Å². The third-order valence-electron chi connectivity index (χ3n) is 1.85. The average molecular weight is 240 g/mol. The number of hydrogen-bond acceptors (Lipinski definition) is 5. The molecule has 1 N–H and O–H groups in total. The predicted molar refractivity (Wildman–Crippen MR) is 56.2 cm³/mol. The van der Waals surface area contributed by atoms with Crippen LogP contribution >= 0.6 is 0 Å². The molecule has 1 aromatic rings. The second-order valence-electron chi connectivity index (χ2n) is 3.33. The minimum absolute atomic E-state index is 0.366. The lowest BCUT2D eigenvalue weighted by Gasteiger charge is -2.25. The van der Waals surface area contributed by atoms with E-state index in [0.29, 0.717) is 11.3 Å². The van der Waals surface area contributed by atoms with Gasteiger partial charge in [-0.1, -0.05) is 0 Å². The maximum atomic E-state index is 10.6. The summed E-state index contributed by atoms with van der Waals surface area (Å²) >= 11 is -2.63. The van der Waals surface area contributed by atoms with Crippen LogP contribution in [0.25, 0.3) is 0 Å². The van der Waals surface area contributed by atoms with E-state index >= 15 is 0 Å². The molecule has 1 aromatic carbocycles. The fourth-order valence-electron chi connectivity index (χ4n) is 0.891. The number of ether oxygens (including phenoxy) is 1. The molecule has 16 heavy (non-hydrogen) atoms. The minimum Gasteiger partial charge on any atom is -0.770 e.